The van der Waals surface area contributed by atoms with Crippen LogP contribution in [0.4, 0.5) is 30.2 Å². The highest BCUT2D eigenvalue weighted by Gasteiger charge is 2.46. The second kappa shape index (κ2) is 5.33. The largest absolute Gasteiger partial charge is 0.495 e. The zero-order valence-corrected chi connectivity index (χ0v) is 13.7. The molecular formula is C18H19F3N2O. The summed E-state index contributed by atoms with van der Waals surface area (Å²) in [5, 5.41) is 0. The normalized spacial score (nSPS) is 16.2. The number of anilines is 3. The Morgan fingerprint density at radius 3 is 2.38 bits per heavy atom. The van der Waals surface area contributed by atoms with E-state index in [1.807, 2.05) is 11.0 Å². The van der Waals surface area contributed by atoms with Crippen LogP contribution in [0.25, 0.3) is 0 Å². The highest BCUT2D eigenvalue weighted by molar-refractivity contribution is 5.84. The van der Waals surface area contributed by atoms with E-state index in [0.717, 1.165) is 6.07 Å². The molecule has 1 aliphatic heterocycles. The summed E-state index contributed by atoms with van der Waals surface area (Å²) in [7, 11) is 1.46. The van der Waals surface area contributed by atoms with Gasteiger partial charge in [-0.25, -0.2) is 0 Å². The molecule has 0 aliphatic carbocycles. The average molecular weight is 336 g/mol. The van der Waals surface area contributed by atoms with Gasteiger partial charge in [0.25, 0.3) is 0 Å². The second-order valence-electron chi connectivity index (χ2n) is 6.57. The van der Waals surface area contributed by atoms with Crippen molar-refractivity contribution in [1.29, 1.82) is 0 Å². The van der Waals surface area contributed by atoms with Crippen LogP contribution in [0.2, 0.25) is 0 Å². The van der Waals surface area contributed by atoms with Gasteiger partial charge in [0.05, 0.1) is 29.7 Å². The van der Waals surface area contributed by atoms with Crippen molar-refractivity contribution in [3.05, 3.63) is 47.5 Å². The molecule has 0 bridgehead atoms. The van der Waals surface area contributed by atoms with Gasteiger partial charge in [-0.2, -0.15) is 13.2 Å². The van der Waals surface area contributed by atoms with Crippen LogP contribution in [0, 0.1) is 0 Å². The van der Waals surface area contributed by atoms with Gasteiger partial charge >= 0.3 is 6.18 Å². The monoisotopic (exact) mass is 336 g/mol. The highest BCUT2D eigenvalue weighted by Crippen LogP contribution is 2.54. The van der Waals surface area contributed by atoms with Crippen LogP contribution in [0.5, 0.6) is 5.75 Å². The van der Waals surface area contributed by atoms with Gasteiger partial charge in [0.1, 0.15) is 5.75 Å². The zero-order valence-electron chi connectivity index (χ0n) is 13.7. The molecule has 0 unspecified atom stereocenters. The molecule has 0 atom stereocenters. The fourth-order valence-corrected chi connectivity index (χ4v) is 3.42. The van der Waals surface area contributed by atoms with E-state index in [2.05, 4.69) is 0 Å². The Bertz CT molecular complexity index is 784. The second-order valence-corrected chi connectivity index (χ2v) is 6.57. The number of nitrogens with zero attached hydrogens (tertiary/aromatic N) is 1. The van der Waals surface area contributed by atoms with Crippen molar-refractivity contribution >= 4 is 17.1 Å². The lowest BCUT2D eigenvalue weighted by Crippen LogP contribution is -2.26. The lowest BCUT2D eigenvalue weighted by Gasteiger charge is -2.24. The van der Waals surface area contributed by atoms with E-state index < -0.39 is 17.2 Å². The van der Waals surface area contributed by atoms with Gasteiger partial charge in [0, 0.05) is 12.0 Å². The van der Waals surface area contributed by atoms with Crippen molar-refractivity contribution in [2.45, 2.75) is 25.4 Å². The predicted octanol–water partition coefficient (Wildman–Crippen LogP) is 4.73. The lowest BCUT2D eigenvalue weighted by atomic mass is 9.83. The number of alkyl halides is 3. The molecule has 6 heteroatoms. The van der Waals surface area contributed by atoms with Crippen LogP contribution in [0.1, 0.15) is 25.0 Å². The van der Waals surface area contributed by atoms with Crippen LogP contribution in [0.3, 0.4) is 0 Å². The summed E-state index contributed by atoms with van der Waals surface area (Å²) < 4.78 is 46.0. The van der Waals surface area contributed by atoms with Crippen LogP contribution in [-0.4, -0.2) is 13.7 Å². The predicted molar refractivity (Wildman–Crippen MR) is 88.9 cm³/mol. The first-order chi connectivity index (χ1) is 11.2. The first-order valence-electron chi connectivity index (χ1n) is 7.57. The minimum atomic E-state index is -4.42. The summed E-state index contributed by atoms with van der Waals surface area (Å²) in [6.07, 6.45) is -4.42. The molecule has 0 spiro atoms. The molecular weight excluding hydrogens is 317 g/mol. The molecule has 128 valence electrons. The third-order valence-electron chi connectivity index (χ3n) is 4.39. The molecule has 3 rings (SSSR count). The molecule has 0 fully saturated rings. The molecule has 0 aromatic heterocycles. The summed E-state index contributed by atoms with van der Waals surface area (Å²) in [5.74, 6) is 0.409. The summed E-state index contributed by atoms with van der Waals surface area (Å²) in [4.78, 5) is 1.82. The van der Waals surface area contributed by atoms with Gasteiger partial charge in [-0.15, -0.1) is 0 Å². The number of nitrogens with two attached hydrogens (primary N) is 1. The summed E-state index contributed by atoms with van der Waals surface area (Å²) in [6, 6.07) is 9.62. The number of para-hydroxylation sites is 2. The Kier molecular flexibility index (Phi) is 3.66. The van der Waals surface area contributed by atoms with Crippen LogP contribution in [-0.2, 0) is 11.6 Å². The van der Waals surface area contributed by atoms with E-state index in [-0.39, 0.29) is 5.56 Å². The molecule has 0 amide bonds. The zero-order chi connectivity index (χ0) is 17.7. The number of rotatable bonds is 2. The number of nitrogen functional groups attached to an aromatic ring is 1. The molecule has 2 N–H and O–H groups in total. The number of benzene rings is 2. The van der Waals surface area contributed by atoms with E-state index in [0.29, 0.717) is 29.4 Å². The van der Waals surface area contributed by atoms with E-state index in [4.69, 9.17) is 10.5 Å². The molecule has 2 aromatic rings. The van der Waals surface area contributed by atoms with E-state index in [9.17, 15) is 13.2 Å². The first kappa shape index (κ1) is 16.5. The maximum Gasteiger partial charge on any atom is 0.416 e. The Labute approximate surface area is 138 Å². The van der Waals surface area contributed by atoms with Crippen LogP contribution < -0.4 is 15.4 Å². The van der Waals surface area contributed by atoms with Gasteiger partial charge in [0.15, 0.2) is 0 Å². The molecule has 24 heavy (non-hydrogen) atoms. The standard InChI is InChI=1S/C18H19F3N2O/c1-17(2)10-23(13-7-5-4-6-12(13)22)16-14(24-3)9-8-11(15(16)17)18(19,20)21/h4-9H,10,22H2,1-3H3. The maximum atomic E-state index is 13.5. The lowest BCUT2D eigenvalue weighted by molar-refractivity contribution is -0.138. The minimum absolute atomic E-state index is 0.248. The maximum absolute atomic E-state index is 13.5. The molecule has 0 radical (unpaired) electrons. The van der Waals surface area contributed by atoms with Crippen LogP contribution in [0.15, 0.2) is 36.4 Å². The Morgan fingerprint density at radius 2 is 1.79 bits per heavy atom. The van der Waals surface area contributed by atoms with Gasteiger partial charge in [-0.05, 0) is 29.8 Å². The summed E-state index contributed by atoms with van der Waals surface area (Å²) >= 11 is 0. The quantitative estimate of drug-likeness (QED) is 0.806. The van der Waals surface area contributed by atoms with Gasteiger partial charge in [0.2, 0.25) is 0 Å². The SMILES string of the molecule is COc1ccc(C(F)(F)F)c2c1N(c1ccccc1N)CC2(C)C. The molecule has 3 nitrogen and oxygen atoms in total. The smallest absolute Gasteiger partial charge is 0.416 e. The fraction of sp³-hybridized carbons (Fsp3) is 0.333. The highest BCUT2D eigenvalue weighted by atomic mass is 19.4. The topological polar surface area (TPSA) is 38.5 Å². The third kappa shape index (κ3) is 2.46. The van der Waals surface area contributed by atoms with Crippen molar-refractivity contribution in [2.24, 2.45) is 0 Å². The molecule has 1 heterocycles. The third-order valence-corrected chi connectivity index (χ3v) is 4.39. The van der Waals surface area contributed by atoms with Crippen molar-refractivity contribution in [2.75, 3.05) is 24.3 Å². The molecule has 1 aliphatic rings. The summed E-state index contributed by atoms with van der Waals surface area (Å²) in [5.41, 5.74) is 6.62. The van der Waals surface area contributed by atoms with E-state index >= 15 is 0 Å². The number of ether oxygens (including phenoxy) is 1. The molecule has 2 aromatic carbocycles. The van der Waals surface area contributed by atoms with Gasteiger partial charge in [-0.3, -0.25) is 0 Å². The Balaban J connectivity index is 2.31. The minimum Gasteiger partial charge on any atom is -0.495 e. The van der Waals surface area contributed by atoms with Gasteiger partial charge in [-0.1, -0.05) is 26.0 Å². The first-order valence-corrected chi connectivity index (χ1v) is 7.57. The van der Waals surface area contributed by atoms with Crippen LogP contribution >= 0.6 is 0 Å². The number of hydrogen-bond acceptors (Lipinski definition) is 3. The van der Waals surface area contributed by atoms with E-state index in [1.165, 1.54) is 13.2 Å². The Hall–Kier alpha value is -2.37. The average Bonchev–Trinajstić information content (AvgIpc) is 2.78. The Morgan fingerprint density at radius 1 is 1.12 bits per heavy atom. The van der Waals surface area contributed by atoms with Crippen molar-refractivity contribution < 1.29 is 17.9 Å². The molecule has 0 saturated carbocycles. The van der Waals surface area contributed by atoms with Crippen molar-refractivity contribution in [1.82, 2.24) is 0 Å². The van der Waals surface area contributed by atoms with Crippen molar-refractivity contribution in [3.8, 4) is 5.75 Å². The van der Waals surface area contributed by atoms with E-state index in [1.54, 1.807) is 32.0 Å². The fourth-order valence-electron chi connectivity index (χ4n) is 3.42. The number of fused-ring (bicyclic) bond motifs is 1. The number of methoxy groups -OCH3 is 1. The number of hydrogen-bond donors (Lipinski definition) is 1. The molecule has 0 saturated heterocycles. The van der Waals surface area contributed by atoms with Crippen molar-refractivity contribution in [3.63, 3.8) is 0 Å². The summed E-state index contributed by atoms with van der Waals surface area (Å²) in [6.45, 7) is 4.00. The number of halogens is 3. The van der Waals surface area contributed by atoms with Gasteiger partial charge < -0.3 is 15.4 Å².